The molecule has 2 heterocycles. The van der Waals surface area contributed by atoms with Gasteiger partial charge in [0.25, 0.3) is 0 Å². The molecule has 3 rings (SSSR count). The first-order chi connectivity index (χ1) is 13.9. The van der Waals surface area contributed by atoms with Crippen LogP contribution in [0.3, 0.4) is 0 Å². The van der Waals surface area contributed by atoms with Gasteiger partial charge in [-0.25, -0.2) is 18.0 Å². The lowest BCUT2D eigenvalue weighted by Crippen LogP contribution is -2.38. The van der Waals surface area contributed by atoms with Crippen LogP contribution in [-0.4, -0.2) is 77.8 Å². The van der Waals surface area contributed by atoms with Crippen molar-refractivity contribution in [3.05, 3.63) is 23.8 Å². The Balaban J connectivity index is 1.93. The Labute approximate surface area is 170 Å². The molecular formula is C19H26N2O7S. The van der Waals surface area contributed by atoms with Gasteiger partial charge in [-0.15, -0.1) is 0 Å². The normalized spacial score (nSPS) is 18.3. The van der Waals surface area contributed by atoms with Crippen LogP contribution in [-0.2, 0) is 29.0 Å². The van der Waals surface area contributed by atoms with Crippen molar-refractivity contribution in [1.29, 1.82) is 0 Å². The number of anilines is 1. The van der Waals surface area contributed by atoms with Crippen LogP contribution in [0.1, 0.15) is 29.6 Å². The van der Waals surface area contributed by atoms with Gasteiger partial charge in [0.05, 0.1) is 36.5 Å². The van der Waals surface area contributed by atoms with E-state index in [4.69, 9.17) is 9.47 Å². The summed E-state index contributed by atoms with van der Waals surface area (Å²) in [5.74, 6) is -1.46. The van der Waals surface area contributed by atoms with Crippen LogP contribution in [0.2, 0.25) is 0 Å². The summed E-state index contributed by atoms with van der Waals surface area (Å²) >= 11 is 0. The van der Waals surface area contributed by atoms with Gasteiger partial charge in [-0.05, 0) is 31.0 Å². The lowest BCUT2D eigenvalue weighted by molar-refractivity contribution is -0.144. The zero-order valence-corrected chi connectivity index (χ0v) is 17.3. The predicted molar refractivity (Wildman–Crippen MR) is 104 cm³/mol. The molecule has 0 spiro atoms. The maximum Gasteiger partial charge on any atom is 0.344 e. The van der Waals surface area contributed by atoms with Crippen LogP contribution >= 0.6 is 0 Å². The van der Waals surface area contributed by atoms with Gasteiger partial charge in [-0.2, -0.15) is 4.31 Å². The molecule has 0 bridgehead atoms. The number of ether oxygens (including phenoxy) is 3. The number of nitrogens with zero attached hydrogens (tertiary/aromatic N) is 2. The second kappa shape index (κ2) is 9.55. The molecule has 160 valence electrons. The molecular weight excluding hydrogens is 400 g/mol. The molecule has 0 unspecified atom stereocenters. The summed E-state index contributed by atoms with van der Waals surface area (Å²) < 4.78 is 42.4. The van der Waals surface area contributed by atoms with Gasteiger partial charge in [-0.3, -0.25) is 0 Å². The molecule has 2 saturated heterocycles. The highest BCUT2D eigenvalue weighted by molar-refractivity contribution is 7.89. The maximum atomic E-state index is 13.0. The quantitative estimate of drug-likeness (QED) is 0.622. The smallest absolute Gasteiger partial charge is 0.344 e. The number of methoxy groups -OCH3 is 1. The maximum absolute atomic E-state index is 13.0. The summed E-state index contributed by atoms with van der Waals surface area (Å²) in [6, 6.07) is 4.48. The Bertz CT molecular complexity index is 844. The van der Waals surface area contributed by atoms with Gasteiger partial charge in [-0.1, -0.05) is 6.42 Å². The van der Waals surface area contributed by atoms with Crippen LogP contribution < -0.4 is 4.90 Å². The average molecular weight is 426 g/mol. The lowest BCUT2D eigenvalue weighted by Gasteiger charge is -2.31. The summed E-state index contributed by atoms with van der Waals surface area (Å²) in [6.07, 6.45) is 2.64. The minimum absolute atomic E-state index is 0.0430. The number of piperidine rings is 1. The first-order valence-corrected chi connectivity index (χ1v) is 11.1. The molecule has 0 atom stereocenters. The standard InChI is InChI=1S/C19H26N2O7S/c1-26-18(22)14-28-19(23)16-13-15(29(24,25)21-7-3-2-4-8-21)5-6-17(16)20-9-11-27-12-10-20/h5-6,13H,2-4,7-12,14H2,1H3. The third-order valence-electron chi connectivity index (χ3n) is 5.04. The second-order valence-corrected chi connectivity index (χ2v) is 8.83. The van der Waals surface area contributed by atoms with E-state index >= 15 is 0 Å². The molecule has 2 aliphatic rings. The van der Waals surface area contributed by atoms with Gasteiger partial charge in [0.1, 0.15) is 0 Å². The molecule has 29 heavy (non-hydrogen) atoms. The van der Waals surface area contributed by atoms with E-state index in [-0.39, 0.29) is 10.5 Å². The number of hydrogen-bond acceptors (Lipinski definition) is 8. The van der Waals surface area contributed by atoms with Crippen molar-refractivity contribution in [3.63, 3.8) is 0 Å². The van der Waals surface area contributed by atoms with Crippen molar-refractivity contribution in [2.75, 3.05) is 58.0 Å². The molecule has 0 amide bonds. The fourth-order valence-electron chi connectivity index (χ4n) is 3.43. The van der Waals surface area contributed by atoms with Crippen LogP contribution in [0.5, 0.6) is 0 Å². The van der Waals surface area contributed by atoms with Crippen LogP contribution in [0.15, 0.2) is 23.1 Å². The molecule has 1 aromatic rings. The zero-order valence-electron chi connectivity index (χ0n) is 16.5. The van der Waals surface area contributed by atoms with Crippen LogP contribution in [0.25, 0.3) is 0 Å². The van der Waals surface area contributed by atoms with Crippen molar-refractivity contribution in [2.45, 2.75) is 24.2 Å². The Morgan fingerprint density at radius 1 is 1.07 bits per heavy atom. The Morgan fingerprint density at radius 2 is 1.76 bits per heavy atom. The molecule has 2 aliphatic heterocycles. The summed E-state index contributed by atoms with van der Waals surface area (Å²) in [4.78, 5) is 26.0. The fourth-order valence-corrected chi connectivity index (χ4v) is 4.98. The fraction of sp³-hybridized carbons (Fsp3) is 0.579. The largest absolute Gasteiger partial charge is 0.466 e. The lowest BCUT2D eigenvalue weighted by atomic mass is 10.1. The number of morpholine rings is 1. The second-order valence-electron chi connectivity index (χ2n) is 6.90. The third kappa shape index (κ3) is 5.06. The number of rotatable bonds is 6. The SMILES string of the molecule is COC(=O)COC(=O)c1cc(S(=O)(=O)N2CCCCC2)ccc1N1CCOCC1. The van der Waals surface area contributed by atoms with E-state index in [0.29, 0.717) is 45.1 Å². The van der Waals surface area contributed by atoms with Crippen molar-refractivity contribution in [2.24, 2.45) is 0 Å². The number of carbonyl (C=O) groups excluding carboxylic acids is 2. The third-order valence-corrected chi connectivity index (χ3v) is 6.94. The monoisotopic (exact) mass is 426 g/mol. The number of benzene rings is 1. The highest BCUT2D eigenvalue weighted by Gasteiger charge is 2.29. The number of sulfonamides is 1. The Morgan fingerprint density at radius 3 is 2.41 bits per heavy atom. The molecule has 0 N–H and O–H groups in total. The van der Waals surface area contributed by atoms with E-state index in [0.717, 1.165) is 19.3 Å². The summed E-state index contributed by atoms with van der Waals surface area (Å²) in [5.41, 5.74) is 0.662. The van der Waals surface area contributed by atoms with E-state index in [9.17, 15) is 18.0 Å². The zero-order chi connectivity index (χ0) is 20.9. The highest BCUT2D eigenvalue weighted by Crippen LogP contribution is 2.28. The van der Waals surface area contributed by atoms with Crippen molar-refractivity contribution in [3.8, 4) is 0 Å². The highest BCUT2D eigenvalue weighted by atomic mass is 32.2. The first-order valence-electron chi connectivity index (χ1n) is 9.64. The summed E-state index contributed by atoms with van der Waals surface area (Å²) in [7, 11) is -2.52. The van der Waals surface area contributed by atoms with Crippen molar-refractivity contribution >= 4 is 27.6 Å². The van der Waals surface area contributed by atoms with Crippen LogP contribution in [0.4, 0.5) is 5.69 Å². The van der Waals surface area contributed by atoms with Gasteiger partial charge in [0.2, 0.25) is 10.0 Å². The first kappa shape index (κ1) is 21.5. The predicted octanol–water partition coefficient (Wildman–Crippen LogP) is 1.03. The van der Waals surface area contributed by atoms with Gasteiger partial charge >= 0.3 is 11.9 Å². The van der Waals surface area contributed by atoms with E-state index < -0.39 is 28.6 Å². The number of esters is 2. The summed E-state index contributed by atoms with van der Waals surface area (Å²) in [6.45, 7) is 2.53. The van der Waals surface area contributed by atoms with Gasteiger partial charge in [0, 0.05) is 26.2 Å². The van der Waals surface area contributed by atoms with E-state index in [2.05, 4.69) is 4.74 Å². The summed E-state index contributed by atoms with van der Waals surface area (Å²) in [5, 5.41) is 0. The molecule has 2 fully saturated rings. The van der Waals surface area contributed by atoms with Crippen molar-refractivity contribution < 1.29 is 32.2 Å². The number of carbonyl (C=O) groups is 2. The van der Waals surface area contributed by atoms with Crippen molar-refractivity contribution in [1.82, 2.24) is 4.31 Å². The molecule has 0 aromatic heterocycles. The van der Waals surface area contributed by atoms with Crippen LogP contribution in [0, 0.1) is 0 Å². The molecule has 10 heteroatoms. The number of hydrogen-bond donors (Lipinski definition) is 0. The molecule has 0 radical (unpaired) electrons. The van der Waals surface area contributed by atoms with Gasteiger partial charge in [0.15, 0.2) is 6.61 Å². The van der Waals surface area contributed by atoms with E-state index in [1.54, 1.807) is 6.07 Å². The molecule has 0 aliphatic carbocycles. The molecule has 9 nitrogen and oxygen atoms in total. The topological polar surface area (TPSA) is 102 Å². The van der Waals surface area contributed by atoms with E-state index in [1.807, 2.05) is 4.90 Å². The molecule has 0 saturated carbocycles. The Kier molecular flexibility index (Phi) is 7.09. The van der Waals surface area contributed by atoms with E-state index in [1.165, 1.54) is 23.5 Å². The minimum Gasteiger partial charge on any atom is -0.466 e. The average Bonchev–Trinajstić information content (AvgIpc) is 2.78. The Hall–Kier alpha value is -2.17. The molecule has 1 aromatic carbocycles. The van der Waals surface area contributed by atoms with Gasteiger partial charge < -0.3 is 19.1 Å². The minimum atomic E-state index is -3.71.